The maximum Gasteiger partial charge on any atom is 0.338 e. The molecule has 0 amide bonds. The largest absolute Gasteiger partial charge is 0.507 e. The summed E-state index contributed by atoms with van der Waals surface area (Å²) >= 11 is 0. The molecule has 5 rings (SSSR count). The number of phenolic OH excluding ortho intramolecular Hbond substituents is 1. The molecule has 1 N–H and O–H groups in total. The molecule has 148 valence electrons. The van der Waals surface area contributed by atoms with Gasteiger partial charge in [0.15, 0.2) is 0 Å². The number of aryl methyl sites for hydroxylation is 1. The number of carbonyl (C=O) groups is 1. The summed E-state index contributed by atoms with van der Waals surface area (Å²) < 4.78 is 7.16. The molecule has 4 nitrogen and oxygen atoms in total. The first-order valence-electron chi connectivity index (χ1n) is 9.87. The maximum absolute atomic E-state index is 12.5. The predicted molar refractivity (Wildman–Crippen MR) is 120 cm³/mol. The number of aromatic nitrogens is 1. The molecule has 0 bridgehead atoms. The van der Waals surface area contributed by atoms with Crippen LogP contribution in [-0.4, -0.2) is 22.8 Å². The molecule has 0 aliphatic carbocycles. The van der Waals surface area contributed by atoms with Crippen LogP contribution in [0.25, 0.3) is 32.6 Å². The molecule has 30 heavy (non-hydrogen) atoms. The van der Waals surface area contributed by atoms with Crippen LogP contribution in [0.4, 0.5) is 0 Å². The first-order valence-corrected chi connectivity index (χ1v) is 9.87. The molecular weight excluding hydrogens is 374 g/mol. The number of fused-ring (bicyclic) bond motifs is 4. The summed E-state index contributed by atoms with van der Waals surface area (Å²) in [5, 5.41) is 14.6. The van der Waals surface area contributed by atoms with Crippen LogP contribution < -0.4 is 0 Å². The molecular formula is C26H21NO3. The third-order valence-electron chi connectivity index (χ3n) is 5.67. The quantitative estimate of drug-likeness (QED) is 0.393. The Kier molecular flexibility index (Phi) is 4.21. The van der Waals surface area contributed by atoms with Crippen molar-refractivity contribution in [3.05, 3.63) is 89.5 Å². The van der Waals surface area contributed by atoms with E-state index in [-0.39, 0.29) is 5.75 Å². The molecule has 0 spiro atoms. The number of ether oxygens (including phenoxy) is 1. The lowest BCUT2D eigenvalue weighted by Crippen LogP contribution is -2.03. The lowest BCUT2D eigenvalue weighted by molar-refractivity contribution is 0.0603. The van der Waals surface area contributed by atoms with E-state index in [9.17, 15) is 9.90 Å². The minimum atomic E-state index is -0.412. The van der Waals surface area contributed by atoms with Crippen molar-refractivity contribution in [3.8, 4) is 5.75 Å². The average Bonchev–Trinajstić information content (AvgIpc) is 3.06. The minimum absolute atomic E-state index is 0.170. The Morgan fingerprint density at radius 2 is 1.70 bits per heavy atom. The highest BCUT2D eigenvalue weighted by molar-refractivity contribution is 6.19. The first-order chi connectivity index (χ1) is 14.6. The average molecular weight is 395 g/mol. The van der Waals surface area contributed by atoms with Crippen molar-refractivity contribution >= 4 is 38.5 Å². The maximum atomic E-state index is 12.5. The fourth-order valence-corrected chi connectivity index (χ4v) is 4.35. The predicted octanol–water partition coefficient (Wildman–Crippen LogP) is 5.80. The minimum Gasteiger partial charge on any atom is -0.507 e. The van der Waals surface area contributed by atoms with E-state index in [1.54, 1.807) is 12.1 Å². The van der Waals surface area contributed by atoms with Crippen molar-refractivity contribution in [2.24, 2.45) is 0 Å². The molecule has 0 fully saturated rings. The van der Waals surface area contributed by atoms with E-state index >= 15 is 0 Å². The lowest BCUT2D eigenvalue weighted by Gasteiger charge is -2.10. The summed E-state index contributed by atoms with van der Waals surface area (Å²) in [5.41, 5.74) is 4.35. The zero-order chi connectivity index (χ0) is 20.8. The standard InChI is InChI=1S/C26H21NO3/c1-16-12-22-25(23(28)13-16)24-20(26(29)30-2)8-5-9-21(24)27(22)15-17-10-11-18-6-3-4-7-19(18)14-17/h3-14,28H,15H2,1-2H3. The molecule has 0 saturated heterocycles. The van der Waals surface area contributed by atoms with E-state index in [1.165, 1.54) is 17.9 Å². The number of hydrogen-bond acceptors (Lipinski definition) is 3. The third-order valence-corrected chi connectivity index (χ3v) is 5.67. The van der Waals surface area contributed by atoms with Crippen LogP contribution in [0.3, 0.4) is 0 Å². The monoisotopic (exact) mass is 395 g/mol. The van der Waals surface area contributed by atoms with E-state index in [4.69, 9.17) is 4.74 Å². The van der Waals surface area contributed by atoms with Crippen molar-refractivity contribution in [1.29, 1.82) is 0 Å². The summed E-state index contributed by atoms with van der Waals surface area (Å²) in [5.74, 6) is -0.242. The fraction of sp³-hybridized carbons (Fsp3) is 0.115. The van der Waals surface area contributed by atoms with Gasteiger partial charge in [0.1, 0.15) is 5.75 Å². The highest BCUT2D eigenvalue weighted by Gasteiger charge is 2.21. The van der Waals surface area contributed by atoms with Gasteiger partial charge in [-0.3, -0.25) is 0 Å². The lowest BCUT2D eigenvalue weighted by atomic mass is 10.0. The molecule has 4 heteroatoms. The first kappa shape index (κ1) is 18.3. The Balaban J connectivity index is 1.80. The second-order valence-corrected chi connectivity index (χ2v) is 7.64. The molecule has 0 aliphatic rings. The highest BCUT2D eigenvalue weighted by Crippen LogP contribution is 2.38. The van der Waals surface area contributed by atoms with Gasteiger partial charge in [0.05, 0.1) is 29.1 Å². The highest BCUT2D eigenvalue weighted by atomic mass is 16.5. The Bertz CT molecular complexity index is 1450. The number of benzene rings is 4. The third kappa shape index (κ3) is 2.80. The molecule has 4 aromatic carbocycles. The molecule has 0 aliphatic heterocycles. The number of esters is 1. The number of aromatic hydroxyl groups is 1. The van der Waals surface area contributed by atoms with Crippen molar-refractivity contribution in [2.75, 3.05) is 7.11 Å². The van der Waals surface area contributed by atoms with Crippen molar-refractivity contribution in [2.45, 2.75) is 13.5 Å². The summed E-state index contributed by atoms with van der Waals surface area (Å²) in [6, 6.07) is 24.1. The van der Waals surface area contributed by atoms with Gasteiger partial charge in [-0.05, 0) is 59.2 Å². The normalized spacial score (nSPS) is 11.4. The van der Waals surface area contributed by atoms with E-state index in [2.05, 4.69) is 41.0 Å². The number of hydrogen-bond donors (Lipinski definition) is 1. The Labute approximate surface area is 173 Å². The van der Waals surface area contributed by atoms with Crippen LogP contribution >= 0.6 is 0 Å². The van der Waals surface area contributed by atoms with Crippen molar-refractivity contribution in [3.63, 3.8) is 0 Å². The van der Waals surface area contributed by atoms with Crippen LogP contribution in [-0.2, 0) is 11.3 Å². The van der Waals surface area contributed by atoms with Gasteiger partial charge in [-0.15, -0.1) is 0 Å². The van der Waals surface area contributed by atoms with E-state index < -0.39 is 5.97 Å². The second-order valence-electron chi connectivity index (χ2n) is 7.64. The summed E-state index contributed by atoms with van der Waals surface area (Å²) in [4.78, 5) is 12.5. The Morgan fingerprint density at radius 3 is 2.50 bits per heavy atom. The zero-order valence-corrected chi connectivity index (χ0v) is 16.8. The van der Waals surface area contributed by atoms with Gasteiger partial charge in [-0.2, -0.15) is 0 Å². The molecule has 1 heterocycles. The van der Waals surface area contributed by atoms with Gasteiger partial charge in [0, 0.05) is 11.9 Å². The Hall–Kier alpha value is -3.79. The van der Waals surface area contributed by atoms with Gasteiger partial charge in [-0.1, -0.05) is 42.5 Å². The number of methoxy groups -OCH3 is 1. The second kappa shape index (κ2) is 6.92. The number of phenols is 1. The SMILES string of the molecule is COC(=O)c1cccc2c1c1c(O)cc(C)cc1n2Cc1ccc2ccccc2c1. The van der Waals surface area contributed by atoms with E-state index in [0.29, 0.717) is 17.5 Å². The summed E-state index contributed by atoms with van der Waals surface area (Å²) in [6.07, 6.45) is 0. The van der Waals surface area contributed by atoms with Gasteiger partial charge < -0.3 is 14.4 Å². The fourth-order valence-electron chi connectivity index (χ4n) is 4.35. The number of rotatable bonds is 3. The molecule has 0 radical (unpaired) electrons. The topological polar surface area (TPSA) is 51.5 Å². The van der Waals surface area contributed by atoms with Gasteiger partial charge in [0.2, 0.25) is 0 Å². The molecule has 0 saturated carbocycles. The van der Waals surface area contributed by atoms with Crippen molar-refractivity contribution in [1.82, 2.24) is 4.57 Å². The van der Waals surface area contributed by atoms with Crippen LogP contribution in [0.5, 0.6) is 5.75 Å². The Morgan fingerprint density at radius 1 is 0.900 bits per heavy atom. The van der Waals surface area contributed by atoms with Gasteiger partial charge >= 0.3 is 5.97 Å². The van der Waals surface area contributed by atoms with Crippen molar-refractivity contribution < 1.29 is 14.6 Å². The van der Waals surface area contributed by atoms with Crippen LogP contribution in [0.1, 0.15) is 21.5 Å². The van der Waals surface area contributed by atoms with Crippen LogP contribution in [0.2, 0.25) is 0 Å². The van der Waals surface area contributed by atoms with Gasteiger partial charge in [-0.25, -0.2) is 4.79 Å². The smallest absolute Gasteiger partial charge is 0.338 e. The molecule has 5 aromatic rings. The van der Waals surface area contributed by atoms with Gasteiger partial charge in [0.25, 0.3) is 0 Å². The van der Waals surface area contributed by atoms with E-state index in [1.807, 2.05) is 31.2 Å². The zero-order valence-electron chi connectivity index (χ0n) is 16.8. The number of carbonyl (C=O) groups excluding carboxylic acids is 1. The van der Waals surface area contributed by atoms with Crippen LogP contribution in [0, 0.1) is 6.92 Å². The van der Waals surface area contributed by atoms with E-state index in [0.717, 1.165) is 27.5 Å². The number of nitrogens with zero attached hydrogens (tertiary/aromatic N) is 1. The summed E-state index contributed by atoms with van der Waals surface area (Å²) in [7, 11) is 1.37. The molecule has 1 aromatic heterocycles. The molecule has 0 atom stereocenters. The molecule has 0 unspecified atom stereocenters. The summed E-state index contributed by atoms with van der Waals surface area (Å²) in [6.45, 7) is 2.58. The van der Waals surface area contributed by atoms with Crippen LogP contribution in [0.15, 0.2) is 72.8 Å².